The van der Waals surface area contributed by atoms with Crippen LogP contribution < -0.4 is 24.8 Å². The SMILES string of the molecule is CCCC1=Cc2c(-c3ccc(CCC)cc3)cccc2[CH]1[Ti+2]1([CH]2C(CCC)=Cc3c(-c4ccc(CCC)cc4)cccc32)[CH2][CH2]1.[Cl-].[Cl-]. The van der Waals surface area contributed by atoms with Crippen LogP contribution in [0.3, 0.4) is 0 Å². The van der Waals surface area contributed by atoms with Gasteiger partial charge in [0, 0.05) is 0 Å². The largest absolute Gasteiger partial charge is 1.00 e. The third-order valence-corrected chi connectivity index (χ3v) is 19.3. The van der Waals surface area contributed by atoms with E-state index in [1.54, 1.807) is 22.3 Å². The zero-order valence-electron chi connectivity index (χ0n) is 28.7. The Balaban J connectivity index is 0.00000217. The smallest absolute Gasteiger partial charge is 1.00 e. The molecule has 0 amide bonds. The fraction of sp³-hybridized carbons (Fsp3) is 0.364. The first-order valence-corrected chi connectivity index (χ1v) is 22.0. The van der Waals surface area contributed by atoms with E-state index in [0.29, 0.717) is 8.45 Å². The molecule has 4 aromatic rings. The van der Waals surface area contributed by atoms with Crippen LogP contribution in [-0.2, 0) is 29.4 Å². The normalized spacial score (nSPS) is 17.7. The number of benzene rings is 4. The van der Waals surface area contributed by atoms with Crippen LogP contribution in [0.15, 0.2) is 96.1 Å². The Labute approximate surface area is 300 Å². The molecule has 3 aliphatic rings. The first kappa shape index (κ1) is 35.9. The van der Waals surface area contributed by atoms with Gasteiger partial charge in [-0.15, -0.1) is 0 Å². The van der Waals surface area contributed by atoms with Crippen molar-refractivity contribution in [3.05, 3.63) is 129 Å². The summed E-state index contributed by atoms with van der Waals surface area (Å²) in [5, 5.41) is 0. The van der Waals surface area contributed by atoms with E-state index >= 15 is 0 Å². The molecule has 1 fully saturated rings. The average molecular weight is 698 g/mol. The summed E-state index contributed by atoms with van der Waals surface area (Å²) in [6.45, 7) is 9.30. The predicted molar refractivity (Wildman–Crippen MR) is 193 cm³/mol. The van der Waals surface area contributed by atoms with E-state index in [-0.39, 0.29) is 24.8 Å². The van der Waals surface area contributed by atoms with Gasteiger partial charge in [-0.3, -0.25) is 0 Å². The topological polar surface area (TPSA) is 0 Å². The quantitative estimate of drug-likeness (QED) is 0.139. The number of halogens is 2. The number of allylic oxidation sites excluding steroid dienone is 2. The molecule has 3 heteroatoms. The molecule has 7 rings (SSSR count). The van der Waals surface area contributed by atoms with Gasteiger partial charge in [-0.2, -0.15) is 0 Å². The standard InChI is InChI=1S/2C21H23.C2H4.2ClH.Ti/c2*1-3-6-16-10-12-18(13-11-16)20-9-5-8-19-14-17(7-4-2)15-21(19)20;1-2;;;/h2*5,8-15H,3-4,6-7H2,1-2H3;1-2H2;2*1H;/q;;;;;+2/p-2. The molecule has 0 radical (unpaired) electrons. The van der Waals surface area contributed by atoms with E-state index in [9.17, 15) is 0 Å². The van der Waals surface area contributed by atoms with Gasteiger partial charge >= 0.3 is 277 Å². The average Bonchev–Trinajstić information content (AvgIpc) is 3.61. The maximum atomic E-state index is 2.66. The second-order valence-electron chi connectivity index (χ2n) is 14.0. The van der Waals surface area contributed by atoms with Gasteiger partial charge < -0.3 is 24.8 Å². The van der Waals surface area contributed by atoms with Gasteiger partial charge in [0.05, 0.1) is 0 Å². The van der Waals surface area contributed by atoms with E-state index in [1.807, 2.05) is 0 Å². The van der Waals surface area contributed by atoms with Crippen molar-refractivity contribution >= 4 is 12.2 Å². The Morgan fingerprint density at radius 2 is 0.872 bits per heavy atom. The van der Waals surface area contributed by atoms with Crippen LogP contribution in [0.25, 0.3) is 34.4 Å². The Morgan fingerprint density at radius 3 is 1.21 bits per heavy atom. The molecule has 1 heterocycles. The van der Waals surface area contributed by atoms with Crippen molar-refractivity contribution in [2.24, 2.45) is 0 Å². The van der Waals surface area contributed by atoms with Crippen LogP contribution in [0.5, 0.6) is 0 Å². The van der Waals surface area contributed by atoms with Crippen LogP contribution in [-0.4, -0.2) is 0 Å². The summed E-state index contributed by atoms with van der Waals surface area (Å²) in [4.78, 5) is 0. The number of aryl methyl sites for hydroxylation is 2. The van der Waals surface area contributed by atoms with Crippen LogP contribution in [0, 0.1) is 0 Å². The van der Waals surface area contributed by atoms with Crippen molar-refractivity contribution in [1.82, 2.24) is 0 Å². The molecular formula is C44H50Cl2Ti. The number of fused-ring (bicyclic) bond motifs is 2. The monoisotopic (exact) mass is 696 g/mol. The Kier molecular flexibility index (Phi) is 11.8. The number of rotatable bonds is 12. The molecule has 0 nitrogen and oxygen atoms in total. The summed E-state index contributed by atoms with van der Waals surface area (Å²) in [6, 6.07) is 33.5. The molecule has 1 aliphatic heterocycles. The Morgan fingerprint density at radius 1 is 0.489 bits per heavy atom. The molecular weight excluding hydrogens is 647 g/mol. The Hall–Kier alpha value is -2.35. The molecule has 4 aromatic carbocycles. The summed E-state index contributed by atoms with van der Waals surface area (Å²) < 4.78 is 4.38. The first-order chi connectivity index (χ1) is 22.1. The van der Waals surface area contributed by atoms with Gasteiger partial charge in [0.1, 0.15) is 0 Å². The molecule has 0 bridgehead atoms. The first-order valence-electron chi connectivity index (χ1n) is 18.0. The molecule has 0 N–H and O–H groups in total. The zero-order valence-corrected chi connectivity index (χ0v) is 31.8. The van der Waals surface area contributed by atoms with Gasteiger partial charge in [-0.1, -0.05) is 0 Å². The van der Waals surface area contributed by atoms with Crippen molar-refractivity contribution in [1.29, 1.82) is 0 Å². The van der Waals surface area contributed by atoms with Gasteiger partial charge in [-0.25, -0.2) is 0 Å². The minimum absolute atomic E-state index is 0. The third-order valence-electron chi connectivity index (χ3n) is 11.0. The molecule has 0 saturated carbocycles. The van der Waals surface area contributed by atoms with Crippen LogP contribution in [0.2, 0.25) is 9.45 Å². The molecule has 0 spiro atoms. The molecule has 244 valence electrons. The fourth-order valence-corrected chi connectivity index (χ4v) is 19.3. The van der Waals surface area contributed by atoms with Gasteiger partial charge in [0.15, 0.2) is 0 Å². The molecule has 2 unspecified atom stereocenters. The predicted octanol–water partition coefficient (Wildman–Crippen LogP) is 7.11. The second-order valence-corrected chi connectivity index (χ2v) is 21.3. The summed E-state index contributed by atoms with van der Waals surface area (Å²) in [6.07, 6.45) is 15.0. The van der Waals surface area contributed by atoms with Crippen molar-refractivity contribution in [2.45, 2.75) is 97.0 Å². The minimum atomic E-state index is -2.41. The summed E-state index contributed by atoms with van der Waals surface area (Å²) in [5.74, 6) is 0. The zero-order chi connectivity index (χ0) is 31.0. The van der Waals surface area contributed by atoms with Crippen LogP contribution >= 0.6 is 0 Å². The second kappa shape index (κ2) is 15.5. The van der Waals surface area contributed by atoms with Crippen LogP contribution in [0.4, 0.5) is 0 Å². The van der Waals surface area contributed by atoms with E-state index in [0.717, 1.165) is 12.8 Å². The van der Waals surface area contributed by atoms with E-state index in [1.165, 1.54) is 92.5 Å². The summed E-state index contributed by atoms with van der Waals surface area (Å²) in [5.41, 5.74) is 18.4. The van der Waals surface area contributed by atoms with E-state index in [4.69, 9.17) is 0 Å². The maximum Gasteiger partial charge on any atom is -1.00 e. The molecule has 0 aromatic heterocycles. The number of hydrogen-bond donors (Lipinski definition) is 0. The Bertz CT molecular complexity index is 1610. The molecule has 2 atom stereocenters. The summed E-state index contributed by atoms with van der Waals surface area (Å²) >= 11 is -2.41. The number of hydrogen-bond acceptors (Lipinski definition) is 0. The molecule has 1 saturated heterocycles. The van der Waals surface area contributed by atoms with E-state index in [2.05, 4.69) is 125 Å². The van der Waals surface area contributed by atoms with Crippen molar-refractivity contribution < 1.29 is 41.4 Å². The summed E-state index contributed by atoms with van der Waals surface area (Å²) in [7, 11) is 0. The van der Waals surface area contributed by atoms with Gasteiger partial charge in [-0.05, 0) is 0 Å². The van der Waals surface area contributed by atoms with Gasteiger partial charge in [0.25, 0.3) is 0 Å². The van der Waals surface area contributed by atoms with Gasteiger partial charge in [0.2, 0.25) is 0 Å². The molecule has 2 aliphatic carbocycles. The van der Waals surface area contributed by atoms with E-state index < -0.39 is 16.6 Å². The minimum Gasteiger partial charge on any atom is -1.00 e. The van der Waals surface area contributed by atoms with Crippen molar-refractivity contribution in [3.8, 4) is 22.3 Å². The molecule has 47 heavy (non-hydrogen) atoms. The van der Waals surface area contributed by atoms with Crippen LogP contribution in [0.1, 0.15) is 108 Å². The maximum absolute atomic E-state index is 2.66. The fourth-order valence-electron chi connectivity index (χ4n) is 8.97. The third kappa shape index (κ3) is 6.66. The van der Waals surface area contributed by atoms with Crippen molar-refractivity contribution in [2.75, 3.05) is 0 Å². The van der Waals surface area contributed by atoms with Crippen molar-refractivity contribution in [3.63, 3.8) is 0 Å².